The Bertz CT molecular complexity index is 1310. The number of amides is 2. The quantitative estimate of drug-likeness (QED) is 0.229. The van der Waals surface area contributed by atoms with Gasteiger partial charge in [-0.3, -0.25) is 14.5 Å². The highest BCUT2D eigenvalue weighted by molar-refractivity contribution is 8.18. The van der Waals surface area contributed by atoms with Crippen LogP contribution in [0.2, 0.25) is 15.1 Å². The van der Waals surface area contributed by atoms with Gasteiger partial charge in [-0.1, -0.05) is 46.9 Å². The van der Waals surface area contributed by atoms with E-state index in [9.17, 15) is 9.59 Å². The molecule has 0 spiro atoms. The lowest BCUT2D eigenvalue weighted by Crippen LogP contribution is -2.32. The van der Waals surface area contributed by atoms with Crippen LogP contribution >= 0.6 is 46.6 Å². The fourth-order valence-corrected chi connectivity index (χ4v) is 4.83. The van der Waals surface area contributed by atoms with Gasteiger partial charge in [0.15, 0.2) is 11.5 Å². The van der Waals surface area contributed by atoms with E-state index in [-0.39, 0.29) is 29.9 Å². The second-order valence-corrected chi connectivity index (χ2v) is 10.1. The fourth-order valence-electron chi connectivity index (χ4n) is 3.44. The van der Waals surface area contributed by atoms with E-state index in [1.807, 2.05) is 19.1 Å². The van der Waals surface area contributed by atoms with E-state index in [1.54, 1.807) is 54.6 Å². The maximum atomic E-state index is 12.9. The van der Waals surface area contributed by atoms with Crippen molar-refractivity contribution in [1.29, 1.82) is 0 Å². The Morgan fingerprint density at radius 3 is 2.24 bits per heavy atom. The highest BCUT2D eigenvalue weighted by Crippen LogP contribution is 2.39. The summed E-state index contributed by atoms with van der Waals surface area (Å²) in [4.78, 5) is 26.8. The molecule has 0 bridgehead atoms. The second kappa shape index (κ2) is 12.6. The predicted octanol–water partition coefficient (Wildman–Crippen LogP) is 7.74. The predicted molar refractivity (Wildman–Crippen MR) is 148 cm³/mol. The first kappa shape index (κ1) is 27.2. The number of imide groups is 1. The zero-order chi connectivity index (χ0) is 26.4. The van der Waals surface area contributed by atoms with Crippen molar-refractivity contribution < 1.29 is 23.8 Å². The number of hydrogen-bond acceptors (Lipinski definition) is 6. The smallest absolute Gasteiger partial charge is 0.293 e. The van der Waals surface area contributed by atoms with Gasteiger partial charge in [0, 0.05) is 10.0 Å². The number of hydrogen-bond donors (Lipinski definition) is 0. The minimum Gasteiger partial charge on any atom is -0.492 e. The molecule has 6 nitrogen and oxygen atoms in total. The van der Waals surface area contributed by atoms with Crippen molar-refractivity contribution in [1.82, 2.24) is 4.90 Å². The second-order valence-electron chi connectivity index (χ2n) is 7.81. The average Bonchev–Trinajstić information content (AvgIpc) is 3.13. The third-order valence-corrected chi connectivity index (χ3v) is 6.89. The summed E-state index contributed by atoms with van der Waals surface area (Å²) in [5.41, 5.74) is 1.52. The van der Waals surface area contributed by atoms with Crippen LogP contribution in [-0.2, 0) is 11.4 Å². The maximum absolute atomic E-state index is 12.9. The van der Waals surface area contributed by atoms with Crippen LogP contribution in [-0.4, -0.2) is 35.8 Å². The SMILES string of the molecule is CCOc1cc(/C=C2\SC(=O)N(CCOc3ccc(Cl)cc3)C2=O)cc(Cl)c1OCc1ccc(Cl)cc1. The van der Waals surface area contributed by atoms with Crippen molar-refractivity contribution in [2.45, 2.75) is 13.5 Å². The third-order valence-electron chi connectivity index (χ3n) is 5.20. The molecule has 1 aliphatic heterocycles. The zero-order valence-electron chi connectivity index (χ0n) is 19.7. The van der Waals surface area contributed by atoms with Crippen molar-refractivity contribution in [3.63, 3.8) is 0 Å². The number of rotatable bonds is 10. The minimum atomic E-state index is -0.396. The van der Waals surface area contributed by atoms with Gasteiger partial charge < -0.3 is 14.2 Å². The highest BCUT2D eigenvalue weighted by Gasteiger charge is 2.35. The van der Waals surface area contributed by atoms with Gasteiger partial charge in [0.25, 0.3) is 11.1 Å². The molecule has 0 atom stereocenters. The van der Waals surface area contributed by atoms with Crippen LogP contribution < -0.4 is 14.2 Å². The van der Waals surface area contributed by atoms with Crippen molar-refractivity contribution in [2.24, 2.45) is 0 Å². The lowest BCUT2D eigenvalue weighted by atomic mass is 10.1. The summed E-state index contributed by atoms with van der Waals surface area (Å²) >= 11 is 19.2. The summed E-state index contributed by atoms with van der Waals surface area (Å²) in [6.45, 7) is 2.79. The van der Waals surface area contributed by atoms with Crippen LogP contribution in [0.5, 0.6) is 17.2 Å². The first-order valence-corrected chi connectivity index (χ1v) is 13.3. The first-order valence-electron chi connectivity index (χ1n) is 11.3. The molecule has 1 heterocycles. The minimum absolute atomic E-state index is 0.118. The summed E-state index contributed by atoms with van der Waals surface area (Å²) in [5, 5.41) is 1.19. The largest absolute Gasteiger partial charge is 0.492 e. The van der Waals surface area contributed by atoms with Gasteiger partial charge >= 0.3 is 0 Å². The van der Waals surface area contributed by atoms with Crippen molar-refractivity contribution in [3.8, 4) is 17.2 Å². The Kier molecular flexibility index (Phi) is 9.27. The molecule has 192 valence electrons. The molecule has 1 fully saturated rings. The third kappa shape index (κ3) is 7.14. The van der Waals surface area contributed by atoms with Gasteiger partial charge in [-0.25, -0.2) is 0 Å². The fraction of sp³-hybridized carbons (Fsp3) is 0.185. The number of nitrogens with zero attached hydrogens (tertiary/aromatic N) is 1. The number of benzene rings is 3. The van der Waals surface area contributed by atoms with Crippen LogP contribution in [0.4, 0.5) is 4.79 Å². The van der Waals surface area contributed by atoms with Crippen LogP contribution in [0.1, 0.15) is 18.1 Å². The van der Waals surface area contributed by atoms with E-state index in [1.165, 1.54) is 0 Å². The Balaban J connectivity index is 1.45. The molecular formula is C27H22Cl3NO5S. The summed E-state index contributed by atoms with van der Waals surface area (Å²) in [6.07, 6.45) is 1.61. The van der Waals surface area contributed by atoms with Crippen molar-refractivity contribution >= 4 is 63.8 Å². The maximum Gasteiger partial charge on any atom is 0.293 e. The van der Waals surface area contributed by atoms with Gasteiger partial charge in [0.1, 0.15) is 19.0 Å². The van der Waals surface area contributed by atoms with Gasteiger partial charge in [-0.05, 0) is 84.4 Å². The van der Waals surface area contributed by atoms with Gasteiger partial charge in [-0.15, -0.1) is 0 Å². The normalized spacial score (nSPS) is 14.4. The average molecular weight is 579 g/mol. The lowest BCUT2D eigenvalue weighted by Gasteiger charge is -2.15. The van der Waals surface area contributed by atoms with E-state index < -0.39 is 5.91 Å². The van der Waals surface area contributed by atoms with Crippen LogP contribution in [0.25, 0.3) is 6.08 Å². The molecule has 0 unspecified atom stereocenters. The van der Waals surface area contributed by atoms with Gasteiger partial charge in [0.05, 0.1) is 23.1 Å². The van der Waals surface area contributed by atoms with Gasteiger partial charge in [0.2, 0.25) is 0 Å². The number of thioether (sulfide) groups is 1. The molecule has 2 amide bonds. The van der Waals surface area contributed by atoms with E-state index in [0.29, 0.717) is 44.5 Å². The van der Waals surface area contributed by atoms with Crippen molar-refractivity contribution in [2.75, 3.05) is 19.8 Å². The number of halogens is 3. The molecule has 0 aromatic heterocycles. The summed E-state index contributed by atoms with van der Waals surface area (Å²) in [5.74, 6) is 1.03. The Labute approximate surface area is 234 Å². The molecule has 3 aromatic carbocycles. The molecule has 1 saturated heterocycles. The monoisotopic (exact) mass is 577 g/mol. The molecule has 1 aliphatic rings. The number of carbonyl (C=O) groups excluding carboxylic acids is 2. The molecule has 0 saturated carbocycles. The van der Waals surface area contributed by atoms with Crippen LogP contribution in [0.15, 0.2) is 65.6 Å². The lowest BCUT2D eigenvalue weighted by molar-refractivity contribution is -0.123. The molecule has 37 heavy (non-hydrogen) atoms. The zero-order valence-corrected chi connectivity index (χ0v) is 22.8. The molecule has 10 heteroatoms. The molecule has 4 rings (SSSR count). The topological polar surface area (TPSA) is 65.1 Å². The molecule has 3 aromatic rings. The molecular weight excluding hydrogens is 557 g/mol. The summed E-state index contributed by atoms with van der Waals surface area (Å²) < 4.78 is 17.3. The van der Waals surface area contributed by atoms with Crippen LogP contribution in [0.3, 0.4) is 0 Å². The Hall–Kier alpha value is -2.84. The standard InChI is InChI=1S/C27H22Cl3NO5S/c1-2-34-23-14-18(13-22(30)25(23)36-16-17-3-5-19(28)6-4-17)15-24-26(32)31(27(33)37-24)11-12-35-21-9-7-20(29)8-10-21/h3-10,13-15H,2,11-12,16H2,1H3/b24-15-. The Morgan fingerprint density at radius 2 is 1.57 bits per heavy atom. The first-order chi connectivity index (χ1) is 17.8. The number of carbonyl (C=O) groups is 2. The molecule has 0 N–H and O–H groups in total. The Morgan fingerprint density at radius 1 is 0.892 bits per heavy atom. The van der Waals surface area contributed by atoms with E-state index in [4.69, 9.17) is 49.0 Å². The van der Waals surface area contributed by atoms with Crippen molar-refractivity contribution in [3.05, 3.63) is 91.8 Å². The van der Waals surface area contributed by atoms with E-state index in [2.05, 4.69) is 0 Å². The number of ether oxygens (including phenoxy) is 3. The highest BCUT2D eigenvalue weighted by atomic mass is 35.5. The molecule has 0 radical (unpaired) electrons. The van der Waals surface area contributed by atoms with Gasteiger partial charge in [-0.2, -0.15) is 0 Å². The van der Waals surface area contributed by atoms with E-state index >= 15 is 0 Å². The van der Waals surface area contributed by atoms with Crippen LogP contribution in [0, 0.1) is 0 Å². The summed E-state index contributed by atoms with van der Waals surface area (Å²) in [6, 6.07) is 17.5. The molecule has 0 aliphatic carbocycles. The van der Waals surface area contributed by atoms with E-state index in [0.717, 1.165) is 22.2 Å². The summed E-state index contributed by atoms with van der Waals surface area (Å²) in [7, 11) is 0.